The number of benzene rings is 1. The van der Waals surface area contributed by atoms with Gasteiger partial charge >= 0.3 is 5.97 Å². The molecule has 1 aromatic carbocycles. The first kappa shape index (κ1) is 9.37. The van der Waals surface area contributed by atoms with Crippen molar-refractivity contribution in [1.29, 1.82) is 0 Å². The van der Waals surface area contributed by atoms with Crippen molar-refractivity contribution < 1.29 is 42.3 Å². The third-order valence-electron chi connectivity index (χ3n) is 4.74. The van der Waals surface area contributed by atoms with Crippen molar-refractivity contribution in [2.24, 2.45) is 23.5 Å². The number of carbonyl (C=O) groups is 1. The van der Waals surface area contributed by atoms with Gasteiger partial charge in [0.2, 0.25) is 0 Å². The second-order valence-electron chi connectivity index (χ2n) is 7.90. The van der Waals surface area contributed by atoms with Gasteiger partial charge in [0.1, 0.15) is 12.1 Å². The molecule has 0 saturated carbocycles. The number of nitrogens with two attached hydrogens (primary N) is 1. The van der Waals surface area contributed by atoms with Crippen molar-refractivity contribution in [3.63, 3.8) is 0 Å². The maximum Gasteiger partial charge on any atom is 0.323 e. The van der Waals surface area contributed by atoms with E-state index < -0.39 is 123 Å². The molecule has 0 spiro atoms. The van der Waals surface area contributed by atoms with Crippen LogP contribution in [0.25, 0.3) is 0 Å². The van der Waals surface area contributed by atoms with Crippen LogP contribution in [0, 0.1) is 17.7 Å². The summed E-state index contributed by atoms with van der Waals surface area (Å²) in [6.45, 7) is -0.878. The van der Waals surface area contributed by atoms with E-state index in [9.17, 15) is 11.6 Å². The highest BCUT2D eigenvalue weighted by atomic mass is 16.5. The Kier molecular flexibility index (Phi) is 2.99. The Bertz CT molecular complexity index is 1400. The number of carbonyl (C=O) groups excluding carboxylic acids is 1. The van der Waals surface area contributed by atoms with E-state index in [0.717, 1.165) is 0 Å². The lowest BCUT2D eigenvalue weighted by Crippen LogP contribution is -2.51. The quantitative estimate of drug-likeness (QED) is 0.660. The van der Waals surface area contributed by atoms with Crippen LogP contribution in [0.15, 0.2) is 12.1 Å². The number of rotatable bonds is 7. The molecule has 2 aliphatic rings. The molecule has 3 rings (SSSR count). The molecule has 1 fully saturated rings. The minimum absolute atomic E-state index is 0.0747. The maximum absolute atomic E-state index is 13.2. The molecule has 1 saturated heterocycles. The van der Waals surface area contributed by atoms with Crippen LogP contribution < -0.4 is 15.2 Å². The van der Waals surface area contributed by atoms with Gasteiger partial charge < -0.3 is 19.9 Å². The van der Waals surface area contributed by atoms with Gasteiger partial charge in [-0.2, -0.15) is 0 Å². The number of hydrogen-bond acceptors (Lipinski definition) is 6. The van der Waals surface area contributed by atoms with E-state index in [1.54, 1.807) is 27.7 Å². The van der Waals surface area contributed by atoms with Crippen LogP contribution in [-0.4, -0.2) is 50.1 Å². The SMILES string of the molecule is [2H]c1c(OC([2H])([2H])[2H])c(OC([2H])([2H])[2H])c([2H])c2c1C1N(C([2H])([2H])C2([2H])[2H])C([2H])([2H])C([2H])(CC(C)C)C(OC(=O)[C@@H](N)C(C)C)C1([2H])[2H]. The Morgan fingerprint density at radius 3 is 2.67 bits per heavy atom. The van der Waals surface area contributed by atoms with Crippen LogP contribution in [0.3, 0.4) is 0 Å². The van der Waals surface area contributed by atoms with E-state index in [0.29, 0.717) is 0 Å². The van der Waals surface area contributed by atoms with Crippen LogP contribution in [0.5, 0.6) is 11.5 Å². The molecular formula is C24H38N2O4. The fraction of sp³-hybridized carbons (Fsp3) is 0.708. The zero-order valence-electron chi connectivity index (χ0n) is 34.3. The summed E-state index contributed by atoms with van der Waals surface area (Å²) in [6.07, 6.45) is -9.82. The largest absolute Gasteiger partial charge is 0.493 e. The molecule has 0 amide bonds. The van der Waals surface area contributed by atoms with Crippen LogP contribution in [0.2, 0.25) is 0 Å². The molecule has 0 aromatic heterocycles. The van der Waals surface area contributed by atoms with Gasteiger partial charge in [0.05, 0.1) is 25.0 Å². The number of hydrogen-bond donors (Lipinski definition) is 1. The Morgan fingerprint density at radius 1 is 1.33 bits per heavy atom. The summed E-state index contributed by atoms with van der Waals surface area (Å²) >= 11 is 0. The second-order valence-corrected chi connectivity index (χ2v) is 7.90. The third kappa shape index (κ3) is 4.75. The summed E-state index contributed by atoms with van der Waals surface area (Å²) in [5.74, 6) is -7.79. The maximum atomic E-state index is 13.2. The van der Waals surface area contributed by atoms with E-state index in [1.165, 1.54) is 0 Å². The van der Waals surface area contributed by atoms with E-state index in [2.05, 4.69) is 0 Å². The van der Waals surface area contributed by atoms with Gasteiger partial charge in [0.15, 0.2) is 11.5 Å². The minimum atomic E-state index is -3.65. The van der Waals surface area contributed by atoms with Gasteiger partial charge in [0, 0.05) is 43.6 Å². The summed E-state index contributed by atoms with van der Waals surface area (Å²) in [5.41, 5.74) is 3.79. The summed E-state index contributed by atoms with van der Waals surface area (Å²) in [5, 5.41) is 0. The molecule has 2 aliphatic heterocycles. The Morgan fingerprint density at radius 2 is 2.03 bits per heavy atom. The van der Waals surface area contributed by atoms with Crippen molar-refractivity contribution in [3.8, 4) is 11.5 Å². The summed E-state index contributed by atoms with van der Waals surface area (Å²) in [4.78, 5) is 13.3. The molecule has 1 aromatic rings. The molecule has 30 heavy (non-hydrogen) atoms. The normalized spacial score (nSPS) is 43.2. The first-order valence-electron chi connectivity index (χ1n) is 18.1. The molecule has 4 atom stereocenters. The fourth-order valence-electron chi connectivity index (χ4n) is 3.11. The number of fused-ring (bicyclic) bond motifs is 3. The number of esters is 1. The van der Waals surface area contributed by atoms with Crippen LogP contribution in [-0.2, 0) is 15.9 Å². The average Bonchev–Trinajstić information content (AvgIpc) is 2.85. The van der Waals surface area contributed by atoms with Crippen LogP contribution in [0.1, 0.15) is 81.0 Å². The second kappa shape index (κ2) is 9.56. The average molecular weight is 436 g/mol. The lowest BCUT2D eigenvalue weighted by atomic mass is 9.79. The predicted molar refractivity (Wildman–Crippen MR) is 118 cm³/mol. The number of piperidine rings is 1. The van der Waals surface area contributed by atoms with E-state index >= 15 is 0 Å². The highest BCUT2D eigenvalue weighted by molar-refractivity contribution is 5.76. The highest BCUT2D eigenvalue weighted by Crippen LogP contribution is 2.44. The van der Waals surface area contributed by atoms with Crippen LogP contribution in [0.4, 0.5) is 0 Å². The van der Waals surface area contributed by atoms with Crippen molar-refractivity contribution >= 4 is 5.97 Å². The molecular weight excluding hydrogens is 380 g/mol. The highest BCUT2D eigenvalue weighted by Gasteiger charge is 2.41. The Balaban J connectivity index is 2.59. The Labute approximate surface area is 204 Å². The molecule has 0 aliphatic carbocycles. The van der Waals surface area contributed by atoms with Gasteiger partial charge in [-0.25, -0.2) is 0 Å². The Hall–Kier alpha value is -1.79. The first-order valence-corrected chi connectivity index (χ1v) is 9.60. The van der Waals surface area contributed by atoms with Gasteiger partial charge in [-0.3, -0.25) is 9.69 Å². The molecule has 2 heterocycles. The first-order chi connectivity index (χ1) is 20.8. The number of nitrogens with zero attached hydrogens (tertiary/aromatic N) is 1. The molecule has 168 valence electrons. The molecule has 3 unspecified atom stereocenters. The van der Waals surface area contributed by atoms with E-state index in [1.807, 2.05) is 0 Å². The van der Waals surface area contributed by atoms with Gasteiger partial charge in [0.25, 0.3) is 0 Å². The van der Waals surface area contributed by atoms with Gasteiger partial charge in [-0.15, -0.1) is 0 Å². The van der Waals surface area contributed by atoms with Crippen molar-refractivity contribution in [3.05, 3.63) is 23.2 Å². The van der Waals surface area contributed by atoms with Gasteiger partial charge in [-0.05, 0) is 47.8 Å². The lowest BCUT2D eigenvalue weighted by Gasteiger charge is -2.47. The third-order valence-corrected chi connectivity index (χ3v) is 4.74. The fourth-order valence-corrected chi connectivity index (χ4v) is 3.11. The summed E-state index contributed by atoms with van der Waals surface area (Å²) < 4.78 is 160. The van der Waals surface area contributed by atoms with Gasteiger partial charge in [-0.1, -0.05) is 27.7 Å². The standard InChI is InChI=1S/C24H38N2O4/c1-14(2)9-17-13-26-8-7-16-10-21(28-5)22(29-6)11-18(16)19(26)12-20(17)30-24(27)23(25)15(3)4/h10-11,14-15,17,19-20,23H,7-9,12-13,25H2,1-6H3/t17?,19?,20?,23-/m0/s1/i5D3,6D3,7D2,8D2,10D,11D,12D2,13D2,17D. The number of methoxy groups -OCH3 is 2. The van der Waals surface area contributed by atoms with Crippen molar-refractivity contribution in [2.45, 2.75) is 65.0 Å². The predicted octanol–water partition coefficient (Wildman–Crippen LogP) is 3.56. The zero-order valence-corrected chi connectivity index (χ0v) is 17.3. The van der Waals surface area contributed by atoms with Crippen molar-refractivity contribution in [2.75, 3.05) is 27.1 Å². The minimum Gasteiger partial charge on any atom is -0.493 e. The topological polar surface area (TPSA) is 74.0 Å². The number of ether oxygens (including phenoxy) is 3. The van der Waals surface area contributed by atoms with E-state index in [4.69, 9.17) is 36.4 Å². The lowest BCUT2D eigenvalue weighted by molar-refractivity contribution is -0.160. The molecule has 0 bridgehead atoms. The molecule has 0 radical (unpaired) electrons. The van der Waals surface area contributed by atoms with Crippen molar-refractivity contribution in [1.82, 2.24) is 4.90 Å². The smallest absolute Gasteiger partial charge is 0.323 e. The van der Waals surface area contributed by atoms with Crippen LogP contribution >= 0.6 is 0 Å². The molecule has 6 heteroatoms. The zero-order chi connectivity index (χ0) is 36.8. The molecule has 2 N–H and O–H groups in total. The summed E-state index contributed by atoms with van der Waals surface area (Å²) in [7, 11) is -6.87. The summed E-state index contributed by atoms with van der Waals surface area (Å²) in [6, 6.07) is -6.44. The molecule has 6 nitrogen and oxygen atoms in total. The van der Waals surface area contributed by atoms with E-state index in [-0.39, 0.29) is 4.90 Å². The monoisotopic (exact) mass is 435 g/mol.